The first-order valence-electron chi connectivity index (χ1n) is 10.1. The standard InChI is InChI=1S/C22H33N3O2/c1-14(2)19(26)24-17-8-6-15(7-9-17)13-23-20(27)25-18-12-16-10-11-22(18,5)21(16,3)4/h6-9,14,16,18H,10-13H2,1-5H3,(H,24,26)(H2,23,25,27)/t16-,18+,22+/m0/s1. The molecular weight excluding hydrogens is 338 g/mol. The van der Waals surface area contributed by atoms with Crippen molar-refractivity contribution in [2.75, 3.05) is 5.32 Å². The zero-order chi connectivity index (χ0) is 19.8. The minimum Gasteiger partial charge on any atom is -0.335 e. The summed E-state index contributed by atoms with van der Waals surface area (Å²) < 4.78 is 0. The molecule has 1 aromatic rings. The minimum atomic E-state index is -0.0956. The van der Waals surface area contributed by atoms with Crippen molar-refractivity contribution >= 4 is 17.6 Å². The van der Waals surface area contributed by atoms with Crippen LogP contribution in [0.4, 0.5) is 10.5 Å². The molecular formula is C22H33N3O2. The van der Waals surface area contributed by atoms with E-state index in [1.807, 2.05) is 38.1 Å². The van der Waals surface area contributed by atoms with Gasteiger partial charge in [0.15, 0.2) is 0 Å². The maximum atomic E-state index is 12.4. The van der Waals surface area contributed by atoms with Crippen LogP contribution in [0.25, 0.3) is 0 Å². The Hall–Kier alpha value is -2.04. The van der Waals surface area contributed by atoms with E-state index in [2.05, 4.69) is 36.7 Å². The van der Waals surface area contributed by atoms with E-state index < -0.39 is 0 Å². The van der Waals surface area contributed by atoms with Crippen molar-refractivity contribution in [2.45, 2.75) is 66.5 Å². The summed E-state index contributed by atoms with van der Waals surface area (Å²) in [5, 5.41) is 9.06. The van der Waals surface area contributed by atoms with Crippen LogP contribution in [0.15, 0.2) is 24.3 Å². The molecule has 27 heavy (non-hydrogen) atoms. The maximum absolute atomic E-state index is 12.4. The first-order valence-corrected chi connectivity index (χ1v) is 10.1. The summed E-state index contributed by atoms with van der Waals surface area (Å²) in [6, 6.07) is 7.75. The third-order valence-corrected chi connectivity index (χ3v) is 7.30. The molecule has 3 N–H and O–H groups in total. The molecule has 0 radical (unpaired) electrons. The Bertz CT molecular complexity index is 711. The van der Waals surface area contributed by atoms with Gasteiger partial charge in [-0.2, -0.15) is 0 Å². The molecule has 2 saturated carbocycles. The number of benzene rings is 1. The van der Waals surface area contributed by atoms with Gasteiger partial charge in [0.2, 0.25) is 5.91 Å². The number of amides is 3. The zero-order valence-electron chi connectivity index (χ0n) is 17.2. The number of anilines is 1. The molecule has 5 nitrogen and oxygen atoms in total. The molecule has 0 aliphatic heterocycles. The van der Waals surface area contributed by atoms with Gasteiger partial charge in [0.25, 0.3) is 0 Å². The largest absolute Gasteiger partial charge is 0.335 e. The fourth-order valence-corrected chi connectivity index (χ4v) is 4.81. The van der Waals surface area contributed by atoms with Gasteiger partial charge in [0.05, 0.1) is 0 Å². The lowest BCUT2D eigenvalue weighted by Crippen LogP contribution is -2.49. The second-order valence-corrected chi connectivity index (χ2v) is 9.33. The smallest absolute Gasteiger partial charge is 0.315 e. The number of urea groups is 1. The quantitative estimate of drug-likeness (QED) is 0.722. The molecule has 0 saturated heterocycles. The molecule has 2 aliphatic rings. The molecule has 0 aromatic heterocycles. The molecule has 3 atom stereocenters. The number of carbonyl (C=O) groups is 2. The first kappa shape index (κ1) is 19.7. The lowest BCUT2D eigenvalue weighted by Gasteiger charge is -2.39. The SMILES string of the molecule is CC(C)C(=O)Nc1ccc(CNC(=O)N[C@@H]2C[C@@H]3CC[C@@]2(C)C3(C)C)cc1. The van der Waals surface area contributed by atoms with Crippen LogP contribution in [0.3, 0.4) is 0 Å². The Morgan fingerprint density at radius 1 is 1.15 bits per heavy atom. The summed E-state index contributed by atoms with van der Waals surface area (Å²) in [5.41, 5.74) is 2.26. The monoisotopic (exact) mass is 371 g/mol. The molecule has 0 heterocycles. The Morgan fingerprint density at radius 2 is 1.81 bits per heavy atom. The minimum absolute atomic E-state index is 0.00235. The van der Waals surface area contributed by atoms with E-state index in [1.54, 1.807) is 0 Å². The van der Waals surface area contributed by atoms with Crippen molar-refractivity contribution in [3.8, 4) is 0 Å². The van der Waals surface area contributed by atoms with Gasteiger partial charge in [-0.15, -0.1) is 0 Å². The third-order valence-electron chi connectivity index (χ3n) is 7.30. The lowest BCUT2D eigenvalue weighted by atomic mass is 9.69. The van der Waals surface area contributed by atoms with Crippen LogP contribution in [0, 0.1) is 22.7 Å². The summed E-state index contributed by atoms with van der Waals surface area (Å²) in [6.45, 7) is 11.2. The van der Waals surface area contributed by atoms with Crippen LogP contribution in [-0.4, -0.2) is 18.0 Å². The highest BCUT2D eigenvalue weighted by molar-refractivity contribution is 5.92. The molecule has 3 rings (SSSR count). The Kier molecular flexibility index (Phi) is 5.24. The molecule has 3 amide bonds. The van der Waals surface area contributed by atoms with E-state index in [0.29, 0.717) is 17.9 Å². The van der Waals surface area contributed by atoms with Crippen LogP contribution < -0.4 is 16.0 Å². The van der Waals surface area contributed by atoms with Crippen LogP contribution in [0.2, 0.25) is 0 Å². The van der Waals surface area contributed by atoms with Gasteiger partial charge < -0.3 is 16.0 Å². The molecule has 0 unspecified atom stereocenters. The Balaban J connectivity index is 1.49. The van der Waals surface area contributed by atoms with Crippen LogP contribution in [0.1, 0.15) is 59.4 Å². The fourth-order valence-electron chi connectivity index (χ4n) is 4.81. The van der Waals surface area contributed by atoms with Crippen LogP contribution >= 0.6 is 0 Å². The molecule has 1 aromatic carbocycles. The summed E-state index contributed by atoms with van der Waals surface area (Å²) in [4.78, 5) is 24.1. The van der Waals surface area contributed by atoms with Crippen molar-refractivity contribution in [3.05, 3.63) is 29.8 Å². The van der Waals surface area contributed by atoms with Gasteiger partial charge in [-0.3, -0.25) is 4.79 Å². The molecule has 0 spiro atoms. The highest BCUT2D eigenvalue weighted by atomic mass is 16.2. The van der Waals surface area contributed by atoms with Gasteiger partial charge in [-0.25, -0.2) is 4.79 Å². The molecule has 2 bridgehead atoms. The highest BCUT2D eigenvalue weighted by Gasteiger charge is 2.61. The van der Waals surface area contributed by atoms with Crippen LogP contribution in [0.5, 0.6) is 0 Å². The number of hydrogen-bond donors (Lipinski definition) is 3. The number of carbonyl (C=O) groups excluding carboxylic acids is 2. The predicted molar refractivity (Wildman–Crippen MR) is 108 cm³/mol. The molecule has 2 aliphatic carbocycles. The average molecular weight is 372 g/mol. The highest BCUT2D eigenvalue weighted by Crippen LogP contribution is 2.65. The van der Waals surface area contributed by atoms with Crippen molar-refractivity contribution in [3.63, 3.8) is 0 Å². The lowest BCUT2D eigenvalue weighted by molar-refractivity contribution is -0.118. The molecule has 148 valence electrons. The van der Waals surface area contributed by atoms with E-state index in [0.717, 1.165) is 17.7 Å². The van der Waals surface area contributed by atoms with E-state index in [1.165, 1.54) is 12.8 Å². The van der Waals surface area contributed by atoms with E-state index in [4.69, 9.17) is 0 Å². The Morgan fingerprint density at radius 3 is 2.33 bits per heavy atom. The van der Waals surface area contributed by atoms with Crippen LogP contribution in [-0.2, 0) is 11.3 Å². The number of nitrogens with one attached hydrogen (secondary N) is 3. The molecule has 2 fully saturated rings. The van der Waals surface area contributed by atoms with Gasteiger partial charge in [-0.05, 0) is 53.7 Å². The molecule has 5 heteroatoms. The number of fused-ring (bicyclic) bond motifs is 2. The van der Waals surface area contributed by atoms with Crippen molar-refractivity contribution in [2.24, 2.45) is 22.7 Å². The van der Waals surface area contributed by atoms with Gasteiger partial charge >= 0.3 is 6.03 Å². The average Bonchev–Trinajstić information content (AvgIpc) is 2.94. The zero-order valence-corrected chi connectivity index (χ0v) is 17.2. The second-order valence-electron chi connectivity index (χ2n) is 9.33. The number of rotatable bonds is 5. The summed E-state index contributed by atoms with van der Waals surface area (Å²) in [6.07, 6.45) is 3.56. The van der Waals surface area contributed by atoms with E-state index in [9.17, 15) is 9.59 Å². The van der Waals surface area contributed by atoms with E-state index in [-0.39, 0.29) is 29.3 Å². The normalized spacial score (nSPS) is 28.2. The number of hydrogen-bond acceptors (Lipinski definition) is 2. The third kappa shape index (κ3) is 3.69. The predicted octanol–water partition coefficient (Wildman–Crippen LogP) is 4.30. The second kappa shape index (κ2) is 7.17. The summed E-state index contributed by atoms with van der Waals surface area (Å²) in [5.74, 6) is 0.664. The van der Waals surface area contributed by atoms with Crippen molar-refractivity contribution in [1.82, 2.24) is 10.6 Å². The van der Waals surface area contributed by atoms with Crippen molar-refractivity contribution < 1.29 is 9.59 Å². The summed E-state index contributed by atoms with van der Waals surface area (Å²) in [7, 11) is 0. The van der Waals surface area contributed by atoms with Gasteiger partial charge in [0.1, 0.15) is 0 Å². The van der Waals surface area contributed by atoms with Gasteiger partial charge in [0, 0.05) is 24.2 Å². The maximum Gasteiger partial charge on any atom is 0.315 e. The first-order chi connectivity index (χ1) is 12.6. The van der Waals surface area contributed by atoms with Gasteiger partial charge in [-0.1, -0.05) is 46.8 Å². The topological polar surface area (TPSA) is 70.2 Å². The summed E-state index contributed by atoms with van der Waals surface area (Å²) >= 11 is 0. The van der Waals surface area contributed by atoms with E-state index >= 15 is 0 Å². The fraction of sp³-hybridized carbons (Fsp3) is 0.636. The van der Waals surface area contributed by atoms with Crippen molar-refractivity contribution in [1.29, 1.82) is 0 Å². The Labute approximate surface area is 162 Å².